The number of halogens is 2. The van der Waals surface area contributed by atoms with E-state index in [0.717, 1.165) is 16.4 Å². The van der Waals surface area contributed by atoms with Crippen LogP contribution in [0, 0.1) is 9.52 Å². The summed E-state index contributed by atoms with van der Waals surface area (Å²) in [6, 6.07) is 1.67. The summed E-state index contributed by atoms with van der Waals surface area (Å²) in [4.78, 5) is 3.56. The van der Waals surface area contributed by atoms with Gasteiger partial charge in [0.2, 0.25) is 0 Å². The quantitative estimate of drug-likeness (QED) is 0.612. The van der Waals surface area contributed by atoms with E-state index in [1.54, 1.807) is 6.07 Å². The second kappa shape index (κ2) is 3.16. The van der Waals surface area contributed by atoms with E-state index in [1.807, 2.05) is 0 Å². The van der Waals surface area contributed by atoms with Crippen molar-refractivity contribution >= 4 is 22.6 Å². The van der Waals surface area contributed by atoms with Crippen LogP contribution in [0.2, 0.25) is 0 Å². The molecule has 1 aliphatic carbocycles. The first kappa shape index (κ1) is 8.22. The molecule has 0 aliphatic heterocycles. The Morgan fingerprint density at radius 2 is 2.33 bits per heavy atom. The number of rotatable bonds is 2. The molecular weight excluding hydrogens is 272 g/mol. The molecule has 64 valence electrons. The number of nitrogens with zero attached hydrogens (tertiary/aromatic N) is 1. The van der Waals surface area contributed by atoms with E-state index >= 15 is 0 Å². The first-order valence-electron chi connectivity index (χ1n) is 3.73. The maximum absolute atomic E-state index is 12.9. The normalized spacial score (nSPS) is 16.2. The van der Waals surface area contributed by atoms with Crippen LogP contribution in [0.4, 0.5) is 4.39 Å². The van der Waals surface area contributed by atoms with Crippen molar-refractivity contribution in [1.29, 1.82) is 0 Å². The zero-order valence-electron chi connectivity index (χ0n) is 6.26. The summed E-state index contributed by atoms with van der Waals surface area (Å²) in [6.45, 7) is 0. The van der Waals surface area contributed by atoms with Gasteiger partial charge in [-0.3, -0.25) is 0 Å². The highest BCUT2D eigenvalue weighted by Crippen LogP contribution is 2.28. The molecule has 0 unspecified atom stereocenters. The standard InChI is InChI=1S/C8H7FINO/c9-8-7(12-6-1-2-6)3-5(10)4-11-8/h3-4,6H,1-2H2. The van der Waals surface area contributed by atoms with Crippen molar-refractivity contribution in [3.8, 4) is 5.75 Å². The van der Waals surface area contributed by atoms with Crippen molar-refractivity contribution in [3.63, 3.8) is 0 Å². The van der Waals surface area contributed by atoms with Crippen molar-refractivity contribution in [2.45, 2.75) is 18.9 Å². The molecule has 0 aromatic carbocycles. The summed E-state index contributed by atoms with van der Waals surface area (Å²) in [5.74, 6) is -0.230. The fourth-order valence-corrected chi connectivity index (χ4v) is 1.27. The first-order valence-corrected chi connectivity index (χ1v) is 4.81. The largest absolute Gasteiger partial charge is 0.486 e. The molecule has 0 bridgehead atoms. The Morgan fingerprint density at radius 1 is 1.58 bits per heavy atom. The Kier molecular flexibility index (Phi) is 2.16. The number of aromatic nitrogens is 1. The molecule has 2 nitrogen and oxygen atoms in total. The minimum absolute atomic E-state index is 0.222. The highest BCUT2D eigenvalue weighted by Gasteiger charge is 2.25. The molecule has 2 rings (SSSR count). The van der Waals surface area contributed by atoms with Crippen molar-refractivity contribution in [2.75, 3.05) is 0 Å². The molecule has 0 radical (unpaired) electrons. The van der Waals surface area contributed by atoms with E-state index in [4.69, 9.17) is 4.74 Å². The minimum atomic E-state index is -0.512. The van der Waals surface area contributed by atoms with Gasteiger partial charge in [0, 0.05) is 9.77 Å². The predicted molar refractivity (Wildman–Crippen MR) is 50.6 cm³/mol. The third-order valence-electron chi connectivity index (χ3n) is 1.59. The Balaban J connectivity index is 2.21. The van der Waals surface area contributed by atoms with Gasteiger partial charge >= 0.3 is 0 Å². The van der Waals surface area contributed by atoms with Gasteiger partial charge in [-0.05, 0) is 41.5 Å². The minimum Gasteiger partial charge on any atom is -0.486 e. The number of hydrogen-bond donors (Lipinski definition) is 0. The molecule has 0 spiro atoms. The van der Waals surface area contributed by atoms with Crippen LogP contribution in [0.25, 0.3) is 0 Å². The highest BCUT2D eigenvalue weighted by molar-refractivity contribution is 14.1. The van der Waals surface area contributed by atoms with Crippen LogP contribution in [0.3, 0.4) is 0 Å². The van der Waals surface area contributed by atoms with Gasteiger partial charge in [-0.25, -0.2) is 4.98 Å². The second-order valence-corrected chi connectivity index (χ2v) is 4.01. The Bertz CT molecular complexity index is 301. The van der Waals surface area contributed by atoms with Crippen LogP contribution < -0.4 is 4.74 Å². The molecule has 1 heterocycles. The summed E-state index contributed by atoms with van der Waals surface area (Å²) in [6.07, 6.45) is 3.77. The van der Waals surface area contributed by atoms with Crippen LogP contribution in [0.5, 0.6) is 5.75 Å². The number of ether oxygens (including phenoxy) is 1. The summed E-state index contributed by atoms with van der Waals surface area (Å²) in [5, 5.41) is 0. The van der Waals surface area contributed by atoms with Crippen molar-refractivity contribution < 1.29 is 9.13 Å². The van der Waals surface area contributed by atoms with Gasteiger partial charge in [0.25, 0.3) is 5.95 Å². The van der Waals surface area contributed by atoms with E-state index in [9.17, 15) is 4.39 Å². The third-order valence-corrected chi connectivity index (χ3v) is 2.18. The van der Waals surface area contributed by atoms with Gasteiger partial charge in [-0.1, -0.05) is 0 Å². The molecule has 4 heteroatoms. The molecule has 12 heavy (non-hydrogen) atoms. The smallest absolute Gasteiger partial charge is 0.255 e. The number of hydrogen-bond acceptors (Lipinski definition) is 2. The fraction of sp³-hybridized carbons (Fsp3) is 0.375. The fourth-order valence-electron chi connectivity index (χ4n) is 0.852. The molecule has 1 fully saturated rings. The van der Waals surface area contributed by atoms with Crippen LogP contribution in [-0.2, 0) is 0 Å². The van der Waals surface area contributed by atoms with Gasteiger partial charge in [0.15, 0.2) is 5.75 Å². The SMILES string of the molecule is Fc1ncc(I)cc1OC1CC1. The topological polar surface area (TPSA) is 22.1 Å². The average Bonchev–Trinajstić information content (AvgIpc) is 2.81. The van der Waals surface area contributed by atoms with E-state index in [0.29, 0.717) is 0 Å². The van der Waals surface area contributed by atoms with Crippen molar-refractivity contribution in [1.82, 2.24) is 4.98 Å². The second-order valence-electron chi connectivity index (χ2n) is 2.76. The summed E-state index contributed by atoms with van der Waals surface area (Å²) in [7, 11) is 0. The Morgan fingerprint density at radius 3 is 3.00 bits per heavy atom. The summed E-state index contributed by atoms with van der Waals surface area (Å²) >= 11 is 2.08. The van der Waals surface area contributed by atoms with Gasteiger partial charge in [0.05, 0.1) is 6.10 Å². The lowest BCUT2D eigenvalue weighted by atomic mass is 10.4. The lowest BCUT2D eigenvalue weighted by molar-refractivity contribution is 0.283. The maximum atomic E-state index is 12.9. The monoisotopic (exact) mass is 279 g/mol. The molecule has 0 atom stereocenters. The zero-order chi connectivity index (χ0) is 8.55. The lowest BCUT2D eigenvalue weighted by Crippen LogP contribution is -2.00. The van der Waals surface area contributed by atoms with Crippen LogP contribution in [0.15, 0.2) is 12.3 Å². The molecule has 0 saturated heterocycles. The third kappa shape index (κ3) is 1.85. The van der Waals surface area contributed by atoms with Gasteiger partial charge in [-0.2, -0.15) is 4.39 Å². The van der Waals surface area contributed by atoms with Gasteiger partial charge in [-0.15, -0.1) is 0 Å². The Labute approximate surface area is 83.3 Å². The molecule has 1 aliphatic rings. The lowest BCUT2D eigenvalue weighted by Gasteiger charge is -2.04. The Hall–Kier alpha value is -0.390. The molecule has 0 N–H and O–H groups in total. The van der Waals surface area contributed by atoms with Crippen LogP contribution in [0.1, 0.15) is 12.8 Å². The van der Waals surface area contributed by atoms with Crippen molar-refractivity contribution in [2.24, 2.45) is 0 Å². The van der Waals surface area contributed by atoms with Gasteiger partial charge in [0.1, 0.15) is 0 Å². The van der Waals surface area contributed by atoms with Crippen LogP contribution >= 0.6 is 22.6 Å². The summed E-state index contributed by atoms with van der Waals surface area (Å²) < 4.78 is 19.1. The summed E-state index contributed by atoms with van der Waals surface area (Å²) in [5.41, 5.74) is 0. The number of pyridine rings is 1. The van der Waals surface area contributed by atoms with E-state index in [1.165, 1.54) is 6.20 Å². The van der Waals surface area contributed by atoms with Crippen molar-refractivity contribution in [3.05, 3.63) is 21.8 Å². The molecule has 1 aromatic rings. The average molecular weight is 279 g/mol. The molecule has 1 aromatic heterocycles. The molecule has 1 saturated carbocycles. The van der Waals surface area contributed by atoms with E-state index in [-0.39, 0.29) is 11.9 Å². The van der Waals surface area contributed by atoms with Gasteiger partial charge < -0.3 is 4.74 Å². The molecular formula is C8H7FINO. The molecule has 0 amide bonds. The maximum Gasteiger partial charge on any atom is 0.255 e. The van der Waals surface area contributed by atoms with Crippen LogP contribution in [-0.4, -0.2) is 11.1 Å². The van der Waals surface area contributed by atoms with E-state index in [2.05, 4.69) is 27.6 Å². The van der Waals surface area contributed by atoms with E-state index < -0.39 is 5.95 Å². The first-order chi connectivity index (χ1) is 5.75. The predicted octanol–water partition coefficient (Wildman–Crippen LogP) is 2.37. The zero-order valence-corrected chi connectivity index (χ0v) is 8.42. The highest BCUT2D eigenvalue weighted by atomic mass is 127.